The first kappa shape index (κ1) is 21.0. The molecular formula is C26H24FN3O3. The first-order chi connectivity index (χ1) is 16.1. The van der Waals surface area contributed by atoms with Crippen molar-refractivity contribution in [3.8, 4) is 11.5 Å². The molecule has 2 aromatic carbocycles. The van der Waals surface area contributed by atoms with Crippen molar-refractivity contribution in [2.24, 2.45) is 0 Å². The largest absolute Gasteiger partial charge is 0.493 e. The van der Waals surface area contributed by atoms with Crippen LogP contribution in [0, 0.1) is 5.82 Å². The van der Waals surface area contributed by atoms with Crippen LogP contribution in [0.15, 0.2) is 73.1 Å². The zero-order valence-electron chi connectivity index (χ0n) is 18.3. The number of nitrogens with zero attached hydrogens (tertiary/aromatic N) is 2. The number of halogens is 1. The van der Waals surface area contributed by atoms with Crippen LogP contribution in [-0.4, -0.2) is 22.4 Å². The summed E-state index contributed by atoms with van der Waals surface area (Å²) in [6.45, 7) is 0.259. The van der Waals surface area contributed by atoms with E-state index in [1.807, 2.05) is 35.0 Å². The topological polar surface area (TPSA) is 64.9 Å². The zero-order valence-corrected chi connectivity index (χ0v) is 18.3. The fourth-order valence-electron chi connectivity index (χ4n) is 4.27. The normalized spacial score (nSPS) is 14.5. The van der Waals surface area contributed by atoms with Gasteiger partial charge in [-0.3, -0.25) is 4.79 Å². The molecule has 2 aromatic heterocycles. The number of rotatable bonds is 7. The van der Waals surface area contributed by atoms with Gasteiger partial charge in [0.15, 0.2) is 11.5 Å². The highest BCUT2D eigenvalue weighted by Gasteiger charge is 2.45. The number of aromatic nitrogens is 2. The van der Waals surface area contributed by atoms with Gasteiger partial charge in [-0.2, -0.15) is 0 Å². The summed E-state index contributed by atoms with van der Waals surface area (Å²) in [5, 5.41) is 3.02. The highest BCUT2D eigenvalue weighted by Crippen LogP contribution is 2.45. The maximum absolute atomic E-state index is 13.4. The Kier molecular flexibility index (Phi) is 5.46. The minimum absolute atomic E-state index is 0.100. The monoisotopic (exact) mass is 445 g/mol. The number of pyridine rings is 1. The van der Waals surface area contributed by atoms with Crippen molar-refractivity contribution in [2.75, 3.05) is 12.4 Å². The van der Waals surface area contributed by atoms with Gasteiger partial charge in [0.2, 0.25) is 5.91 Å². The van der Waals surface area contributed by atoms with Crippen molar-refractivity contribution >= 4 is 17.2 Å². The summed E-state index contributed by atoms with van der Waals surface area (Å²) in [4.78, 5) is 17.8. The molecule has 1 saturated carbocycles. The van der Waals surface area contributed by atoms with Gasteiger partial charge in [0, 0.05) is 24.1 Å². The first-order valence-corrected chi connectivity index (χ1v) is 10.9. The van der Waals surface area contributed by atoms with Gasteiger partial charge in [-0.15, -0.1) is 0 Å². The van der Waals surface area contributed by atoms with Crippen molar-refractivity contribution in [1.82, 2.24) is 9.38 Å². The van der Waals surface area contributed by atoms with Gasteiger partial charge < -0.3 is 19.2 Å². The Bertz CT molecular complexity index is 1260. The molecule has 33 heavy (non-hydrogen) atoms. The summed E-state index contributed by atoms with van der Waals surface area (Å²) in [7, 11) is 1.57. The Hall–Kier alpha value is -3.87. The summed E-state index contributed by atoms with van der Waals surface area (Å²) >= 11 is 0. The molecule has 2 heterocycles. The molecule has 1 amide bonds. The molecule has 1 aliphatic carbocycles. The molecule has 0 spiro atoms. The van der Waals surface area contributed by atoms with Crippen molar-refractivity contribution in [1.29, 1.82) is 0 Å². The third-order valence-electron chi connectivity index (χ3n) is 6.25. The molecule has 0 radical (unpaired) electrons. The summed E-state index contributed by atoms with van der Waals surface area (Å²) in [6, 6.07) is 17.3. The number of ether oxygens (including phenoxy) is 2. The standard InChI is InChI=1S/C26H24FN3O3/c1-32-22-11-10-20(15-23(22)33-17-21-16-30-14-3-2-5-24(30)28-21)29-25(31)26(12-4-13-26)18-6-8-19(27)9-7-18/h2-3,5-11,14-16H,4,12-13,17H2,1H3,(H,29,31). The summed E-state index contributed by atoms with van der Waals surface area (Å²) in [5.41, 5.74) is 2.44. The van der Waals surface area contributed by atoms with Gasteiger partial charge >= 0.3 is 0 Å². The van der Waals surface area contributed by atoms with Crippen molar-refractivity contribution in [2.45, 2.75) is 31.3 Å². The smallest absolute Gasteiger partial charge is 0.235 e. The van der Waals surface area contributed by atoms with Crippen LogP contribution in [0.5, 0.6) is 11.5 Å². The quantitative estimate of drug-likeness (QED) is 0.429. The second kappa shape index (κ2) is 8.58. The van der Waals surface area contributed by atoms with E-state index in [0.29, 0.717) is 17.2 Å². The average molecular weight is 445 g/mol. The number of nitrogens with one attached hydrogen (secondary N) is 1. The number of methoxy groups -OCH3 is 1. The number of imidazole rings is 1. The maximum Gasteiger partial charge on any atom is 0.235 e. The van der Waals surface area contributed by atoms with Crippen LogP contribution in [0.3, 0.4) is 0 Å². The number of anilines is 1. The van der Waals surface area contributed by atoms with E-state index in [9.17, 15) is 9.18 Å². The van der Waals surface area contributed by atoms with E-state index in [-0.39, 0.29) is 18.3 Å². The van der Waals surface area contributed by atoms with E-state index in [0.717, 1.165) is 36.2 Å². The Labute approximate surface area is 191 Å². The lowest BCUT2D eigenvalue weighted by atomic mass is 9.64. The Balaban J connectivity index is 1.34. The highest BCUT2D eigenvalue weighted by atomic mass is 19.1. The first-order valence-electron chi connectivity index (χ1n) is 10.9. The van der Waals surface area contributed by atoms with E-state index in [1.165, 1.54) is 12.1 Å². The minimum atomic E-state index is -0.634. The Morgan fingerprint density at radius 2 is 1.94 bits per heavy atom. The van der Waals surface area contributed by atoms with E-state index in [2.05, 4.69) is 10.3 Å². The highest BCUT2D eigenvalue weighted by molar-refractivity contribution is 6.00. The Morgan fingerprint density at radius 3 is 2.64 bits per heavy atom. The SMILES string of the molecule is COc1ccc(NC(=O)C2(c3ccc(F)cc3)CCC2)cc1OCc1cn2ccccc2n1. The lowest BCUT2D eigenvalue weighted by Gasteiger charge is -2.40. The molecule has 168 valence electrons. The van der Waals surface area contributed by atoms with Gasteiger partial charge in [0.1, 0.15) is 18.1 Å². The molecule has 6 nitrogen and oxygen atoms in total. The van der Waals surface area contributed by atoms with Gasteiger partial charge in [0.25, 0.3) is 0 Å². The third kappa shape index (κ3) is 4.02. The van der Waals surface area contributed by atoms with E-state index < -0.39 is 5.41 Å². The fourth-order valence-corrected chi connectivity index (χ4v) is 4.27. The van der Waals surface area contributed by atoms with Crippen molar-refractivity contribution < 1.29 is 18.7 Å². The van der Waals surface area contributed by atoms with Crippen LogP contribution in [0.4, 0.5) is 10.1 Å². The molecule has 1 fully saturated rings. The van der Waals surface area contributed by atoms with Crippen LogP contribution in [0.25, 0.3) is 5.65 Å². The second-order valence-corrected chi connectivity index (χ2v) is 8.25. The van der Waals surface area contributed by atoms with E-state index in [4.69, 9.17) is 9.47 Å². The number of carbonyl (C=O) groups is 1. The zero-order chi connectivity index (χ0) is 22.8. The molecular weight excluding hydrogens is 421 g/mol. The maximum atomic E-state index is 13.4. The van der Waals surface area contributed by atoms with Crippen molar-refractivity contribution in [3.63, 3.8) is 0 Å². The molecule has 4 aromatic rings. The van der Waals surface area contributed by atoms with Gasteiger partial charge in [-0.25, -0.2) is 9.37 Å². The molecule has 0 bridgehead atoms. The number of carbonyl (C=O) groups excluding carboxylic acids is 1. The number of hydrogen-bond donors (Lipinski definition) is 1. The van der Waals surface area contributed by atoms with Gasteiger partial charge in [0.05, 0.1) is 18.2 Å². The van der Waals surface area contributed by atoms with Crippen LogP contribution < -0.4 is 14.8 Å². The molecule has 0 atom stereocenters. The van der Waals surface area contributed by atoms with Crippen LogP contribution in [-0.2, 0) is 16.8 Å². The molecule has 0 unspecified atom stereocenters. The number of hydrogen-bond acceptors (Lipinski definition) is 4. The fraction of sp³-hybridized carbons (Fsp3) is 0.231. The summed E-state index contributed by atoms with van der Waals surface area (Å²) in [6.07, 6.45) is 6.27. The van der Waals surface area contributed by atoms with E-state index in [1.54, 1.807) is 37.4 Å². The lowest BCUT2D eigenvalue weighted by molar-refractivity contribution is -0.124. The molecule has 1 N–H and O–H groups in total. The van der Waals surface area contributed by atoms with Gasteiger partial charge in [-0.05, 0) is 54.8 Å². The van der Waals surface area contributed by atoms with Crippen molar-refractivity contribution in [3.05, 3.63) is 90.1 Å². The number of amides is 1. The second-order valence-electron chi connectivity index (χ2n) is 8.25. The number of fused-ring (bicyclic) bond motifs is 1. The Morgan fingerprint density at radius 1 is 1.12 bits per heavy atom. The molecule has 7 heteroatoms. The van der Waals surface area contributed by atoms with Crippen LogP contribution >= 0.6 is 0 Å². The van der Waals surface area contributed by atoms with Crippen LogP contribution in [0.2, 0.25) is 0 Å². The predicted molar refractivity (Wildman–Crippen MR) is 123 cm³/mol. The predicted octanol–water partition coefficient (Wildman–Crippen LogP) is 5.12. The lowest BCUT2D eigenvalue weighted by Crippen LogP contribution is -2.46. The molecule has 1 aliphatic rings. The molecule has 0 saturated heterocycles. The summed E-state index contributed by atoms with van der Waals surface area (Å²) in [5.74, 6) is 0.665. The number of benzene rings is 2. The minimum Gasteiger partial charge on any atom is -0.493 e. The summed E-state index contributed by atoms with van der Waals surface area (Å²) < 4.78 is 26.7. The van der Waals surface area contributed by atoms with E-state index >= 15 is 0 Å². The third-order valence-corrected chi connectivity index (χ3v) is 6.25. The molecule has 0 aliphatic heterocycles. The molecule has 5 rings (SSSR count). The average Bonchev–Trinajstić information content (AvgIpc) is 3.21. The van der Waals surface area contributed by atoms with Gasteiger partial charge in [-0.1, -0.05) is 24.6 Å². The van der Waals surface area contributed by atoms with Crippen LogP contribution in [0.1, 0.15) is 30.5 Å².